The Balaban J connectivity index is 1.91. The van der Waals surface area contributed by atoms with Gasteiger partial charge in [-0.3, -0.25) is 9.48 Å². The molecule has 1 aliphatic carbocycles. The molecule has 0 aliphatic heterocycles. The van der Waals surface area contributed by atoms with E-state index in [1.165, 1.54) is 18.3 Å². The maximum Gasteiger partial charge on any atom is 0.254 e. The highest BCUT2D eigenvalue weighted by molar-refractivity contribution is 5.98. The fourth-order valence-corrected chi connectivity index (χ4v) is 3.25. The Kier molecular flexibility index (Phi) is 5.06. The summed E-state index contributed by atoms with van der Waals surface area (Å²) < 4.78 is 14.7. The summed E-state index contributed by atoms with van der Waals surface area (Å²) in [6, 6.07) is 2.90. The number of halogens is 1. The van der Waals surface area contributed by atoms with E-state index in [1.54, 1.807) is 17.9 Å². The van der Waals surface area contributed by atoms with Crippen LogP contribution >= 0.6 is 0 Å². The van der Waals surface area contributed by atoms with Crippen molar-refractivity contribution in [2.75, 3.05) is 12.4 Å². The molecule has 0 unspecified atom stereocenters. The molecule has 8 heteroatoms. The van der Waals surface area contributed by atoms with Crippen LogP contribution < -0.4 is 11.1 Å². The number of nitrogens with two attached hydrogens (primary N) is 1. The molecule has 132 valence electrons. The van der Waals surface area contributed by atoms with Crippen molar-refractivity contribution in [3.63, 3.8) is 0 Å². The average Bonchev–Trinajstić information content (AvgIpc) is 3.02. The van der Waals surface area contributed by atoms with Gasteiger partial charge in [-0.05, 0) is 25.0 Å². The van der Waals surface area contributed by atoms with Crippen molar-refractivity contribution >= 4 is 23.6 Å². The van der Waals surface area contributed by atoms with E-state index in [9.17, 15) is 9.18 Å². The zero-order valence-corrected chi connectivity index (χ0v) is 14.0. The van der Waals surface area contributed by atoms with Gasteiger partial charge in [0, 0.05) is 25.4 Å². The van der Waals surface area contributed by atoms with Crippen LogP contribution in [0, 0.1) is 11.9 Å². The van der Waals surface area contributed by atoms with E-state index in [4.69, 9.17) is 5.73 Å². The quantitative estimate of drug-likeness (QED) is 0.643. The summed E-state index contributed by atoms with van der Waals surface area (Å²) in [6.45, 7) is 0. The van der Waals surface area contributed by atoms with Crippen LogP contribution in [-0.2, 0) is 0 Å². The van der Waals surface area contributed by atoms with Crippen LogP contribution in [0.15, 0.2) is 29.5 Å². The third kappa shape index (κ3) is 3.84. The Bertz CT molecular complexity index is 770. The fourth-order valence-electron chi connectivity index (χ4n) is 3.25. The van der Waals surface area contributed by atoms with Crippen LogP contribution in [0.4, 0.5) is 15.9 Å². The maximum atomic E-state index is 13.0. The number of aliphatic imine (C=N–C) groups is 1. The number of amides is 1. The van der Waals surface area contributed by atoms with Crippen LogP contribution in [-0.4, -0.2) is 33.9 Å². The molecular formula is C17H21FN6O. The van der Waals surface area contributed by atoms with Gasteiger partial charge in [0.1, 0.15) is 5.56 Å². The highest BCUT2D eigenvalue weighted by atomic mass is 19.1. The molecule has 2 heterocycles. The van der Waals surface area contributed by atoms with Gasteiger partial charge < -0.3 is 16.0 Å². The monoisotopic (exact) mass is 344 g/mol. The Morgan fingerprint density at radius 3 is 2.92 bits per heavy atom. The number of nitrogens with one attached hydrogen (secondary N) is 1. The highest BCUT2D eigenvalue weighted by Crippen LogP contribution is 2.34. The first-order valence-corrected chi connectivity index (χ1v) is 8.28. The number of carbonyl (C=O) groups is 1. The molecule has 0 aromatic carbocycles. The number of primary amides is 1. The van der Waals surface area contributed by atoms with Gasteiger partial charge in [-0.25, -0.2) is 4.98 Å². The third-order valence-corrected chi connectivity index (χ3v) is 4.45. The lowest BCUT2D eigenvalue weighted by Crippen LogP contribution is -2.25. The van der Waals surface area contributed by atoms with Crippen LogP contribution in [0.1, 0.15) is 42.1 Å². The molecule has 7 nitrogen and oxygen atoms in total. The summed E-state index contributed by atoms with van der Waals surface area (Å²) in [5.41, 5.74) is 6.32. The molecule has 2 atom stereocenters. The molecular weight excluding hydrogens is 323 g/mol. The average molecular weight is 344 g/mol. The molecule has 2 aromatic heterocycles. The molecule has 1 aliphatic rings. The van der Waals surface area contributed by atoms with E-state index in [1.807, 2.05) is 6.21 Å². The number of pyridine rings is 1. The van der Waals surface area contributed by atoms with Gasteiger partial charge in [0.15, 0.2) is 5.82 Å². The fraction of sp³-hybridized carbons (Fsp3) is 0.412. The van der Waals surface area contributed by atoms with E-state index in [0.717, 1.165) is 25.7 Å². The Labute approximate surface area is 145 Å². The molecule has 0 bridgehead atoms. The van der Waals surface area contributed by atoms with E-state index < -0.39 is 11.9 Å². The van der Waals surface area contributed by atoms with Crippen molar-refractivity contribution in [3.8, 4) is 0 Å². The molecule has 0 spiro atoms. The highest BCUT2D eigenvalue weighted by Gasteiger charge is 2.27. The topological polar surface area (TPSA) is 98.2 Å². The first-order valence-electron chi connectivity index (χ1n) is 8.28. The SMILES string of the molecule is CN=C[C@H]1CCCC[C@@H]1n1cc(C(N)=O)c(Nc2ccc(F)nc2)n1. The van der Waals surface area contributed by atoms with Gasteiger partial charge >= 0.3 is 0 Å². The Hall–Kier alpha value is -2.77. The number of aromatic nitrogens is 3. The van der Waals surface area contributed by atoms with Gasteiger partial charge in [-0.1, -0.05) is 12.8 Å². The van der Waals surface area contributed by atoms with E-state index in [2.05, 4.69) is 20.4 Å². The minimum atomic E-state index is -0.574. The van der Waals surface area contributed by atoms with Crippen molar-refractivity contribution in [1.29, 1.82) is 0 Å². The van der Waals surface area contributed by atoms with Crippen molar-refractivity contribution < 1.29 is 9.18 Å². The molecule has 1 saturated carbocycles. The normalized spacial score (nSPS) is 20.7. The lowest BCUT2D eigenvalue weighted by molar-refractivity contribution is 0.100. The predicted octanol–water partition coefficient (Wildman–Crippen LogP) is 2.69. The summed E-state index contributed by atoms with van der Waals surface area (Å²) in [5, 5.41) is 7.52. The third-order valence-electron chi connectivity index (χ3n) is 4.45. The summed E-state index contributed by atoms with van der Waals surface area (Å²) in [7, 11) is 1.76. The molecule has 1 amide bonds. The van der Waals surface area contributed by atoms with Gasteiger partial charge in [-0.2, -0.15) is 9.49 Å². The summed E-state index contributed by atoms with van der Waals surface area (Å²) in [5.74, 6) is -0.520. The van der Waals surface area contributed by atoms with Crippen LogP contribution in [0.2, 0.25) is 0 Å². The minimum absolute atomic E-state index is 0.137. The zero-order valence-electron chi connectivity index (χ0n) is 14.0. The number of rotatable bonds is 5. The smallest absolute Gasteiger partial charge is 0.254 e. The molecule has 2 aromatic rings. The van der Waals surface area contributed by atoms with Crippen molar-refractivity contribution in [2.45, 2.75) is 31.7 Å². The van der Waals surface area contributed by atoms with Crippen LogP contribution in [0.25, 0.3) is 0 Å². The first-order chi connectivity index (χ1) is 12.1. The van der Waals surface area contributed by atoms with Gasteiger partial charge in [0.25, 0.3) is 5.91 Å². The van der Waals surface area contributed by atoms with Gasteiger partial charge in [-0.15, -0.1) is 0 Å². The van der Waals surface area contributed by atoms with Gasteiger partial charge in [0.05, 0.1) is 17.9 Å². The van der Waals surface area contributed by atoms with E-state index in [-0.39, 0.29) is 12.0 Å². The summed E-state index contributed by atoms with van der Waals surface area (Å²) in [6.07, 6.45) is 9.23. The molecule has 3 rings (SSSR count). The minimum Gasteiger partial charge on any atom is -0.365 e. The second-order valence-corrected chi connectivity index (χ2v) is 6.15. The standard InChI is InChI=1S/C17H21FN6O/c1-20-8-11-4-2-3-5-14(11)24-10-13(16(19)25)17(23-24)22-12-6-7-15(18)21-9-12/h6-11,14H,2-5H2,1H3,(H2,19,25)(H,22,23)/t11-,14+/m1/s1. The van der Waals surface area contributed by atoms with Gasteiger partial charge in [0.2, 0.25) is 5.95 Å². The molecule has 1 fully saturated rings. The number of anilines is 2. The van der Waals surface area contributed by atoms with Crippen LogP contribution in [0.3, 0.4) is 0 Å². The lowest BCUT2D eigenvalue weighted by atomic mass is 9.85. The number of carbonyl (C=O) groups excluding carboxylic acids is 1. The summed E-state index contributed by atoms with van der Waals surface area (Å²) in [4.78, 5) is 19.5. The van der Waals surface area contributed by atoms with Crippen LogP contribution in [0.5, 0.6) is 0 Å². The molecule has 25 heavy (non-hydrogen) atoms. The Morgan fingerprint density at radius 1 is 1.44 bits per heavy atom. The maximum absolute atomic E-state index is 13.0. The molecule has 3 N–H and O–H groups in total. The number of nitrogens with zero attached hydrogens (tertiary/aromatic N) is 4. The van der Waals surface area contributed by atoms with Crippen molar-refractivity contribution in [3.05, 3.63) is 36.0 Å². The summed E-state index contributed by atoms with van der Waals surface area (Å²) >= 11 is 0. The second kappa shape index (κ2) is 7.42. The first kappa shape index (κ1) is 17.1. The second-order valence-electron chi connectivity index (χ2n) is 6.15. The largest absolute Gasteiger partial charge is 0.365 e. The molecule has 0 radical (unpaired) electrons. The van der Waals surface area contributed by atoms with E-state index in [0.29, 0.717) is 17.1 Å². The number of hydrogen-bond donors (Lipinski definition) is 2. The number of hydrogen-bond acceptors (Lipinski definition) is 5. The zero-order chi connectivity index (χ0) is 17.8. The van der Waals surface area contributed by atoms with E-state index >= 15 is 0 Å². The molecule has 0 saturated heterocycles. The lowest BCUT2D eigenvalue weighted by Gasteiger charge is -2.29. The Morgan fingerprint density at radius 2 is 2.24 bits per heavy atom. The van der Waals surface area contributed by atoms with Crippen molar-refractivity contribution in [2.24, 2.45) is 16.6 Å². The predicted molar refractivity (Wildman–Crippen MR) is 93.6 cm³/mol. The van der Waals surface area contributed by atoms with Crippen molar-refractivity contribution in [1.82, 2.24) is 14.8 Å².